The van der Waals surface area contributed by atoms with Crippen molar-refractivity contribution in [1.29, 1.82) is 0 Å². The highest BCUT2D eigenvalue weighted by Gasteiger charge is 2.18. The lowest BCUT2D eigenvalue weighted by molar-refractivity contribution is -0.144. The van der Waals surface area contributed by atoms with E-state index in [1.807, 2.05) is 24.3 Å². The molecule has 1 atom stereocenters. The van der Waals surface area contributed by atoms with E-state index >= 15 is 0 Å². The maximum absolute atomic E-state index is 11.7. The Hall–Kier alpha value is -2.34. The molecule has 0 aliphatic heterocycles. The quantitative estimate of drug-likeness (QED) is 0.818. The molecule has 0 aliphatic carbocycles. The molecule has 1 heterocycles. The van der Waals surface area contributed by atoms with Crippen LogP contribution in [0.25, 0.3) is 10.9 Å². The fourth-order valence-electron chi connectivity index (χ4n) is 2.20. The summed E-state index contributed by atoms with van der Waals surface area (Å²) >= 11 is 0. The first-order valence-electron chi connectivity index (χ1n) is 7.03. The molecule has 2 rings (SSSR count). The Kier molecular flexibility index (Phi) is 5.16. The van der Waals surface area contributed by atoms with Crippen molar-refractivity contribution in [2.24, 2.45) is 5.73 Å². The number of aromatic nitrogens is 1. The highest BCUT2D eigenvalue weighted by Crippen LogP contribution is 2.26. The van der Waals surface area contributed by atoms with E-state index in [-0.39, 0.29) is 0 Å². The number of esters is 1. The number of rotatable bonds is 6. The molecule has 0 aliphatic rings. The number of hydrogen-bond acceptors (Lipinski definition) is 6. The number of ether oxygens (including phenoxy) is 3. The van der Waals surface area contributed by atoms with E-state index in [2.05, 4.69) is 4.98 Å². The molecular formula is C16H20N2O4. The Morgan fingerprint density at radius 3 is 2.68 bits per heavy atom. The third kappa shape index (κ3) is 3.46. The van der Waals surface area contributed by atoms with Crippen LogP contribution in [0.1, 0.15) is 12.5 Å². The van der Waals surface area contributed by atoms with Crippen LogP contribution in [-0.2, 0) is 16.0 Å². The summed E-state index contributed by atoms with van der Waals surface area (Å²) in [6.45, 7) is 2.05. The first-order valence-corrected chi connectivity index (χ1v) is 7.03. The number of hydrogen-bond donors (Lipinski definition) is 1. The summed E-state index contributed by atoms with van der Waals surface area (Å²) in [7, 11) is 3.15. The van der Waals surface area contributed by atoms with E-state index in [1.165, 1.54) is 7.11 Å². The molecular weight excluding hydrogens is 284 g/mol. The molecule has 0 saturated heterocycles. The Balaban J connectivity index is 2.36. The largest absolute Gasteiger partial charge is 0.497 e. The van der Waals surface area contributed by atoms with Gasteiger partial charge in [-0.1, -0.05) is 0 Å². The van der Waals surface area contributed by atoms with Crippen LogP contribution in [0.2, 0.25) is 0 Å². The molecule has 0 spiro atoms. The summed E-state index contributed by atoms with van der Waals surface area (Å²) in [5.41, 5.74) is 7.41. The van der Waals surface area contributed by atoms with Crippen molar-refractivity contribution in [3.8, 4) is 11.6 Å². The summed E-state index contributed by atoms with van der Waals surface area (Å²) in [4.78, 5) is 16.1. The molecule has 0 bridgehead atoms. The van der Waals surface area contributed by atoms with Crippen molar-refractivity contribution in [3.63, 3.8) is 0 Å². The van der Waals surface area contributed by atoms with Gasteiger partial charge in [0.05, 0.1) is 26.3 Å². The lowest BCUT2D eigenvalue weighted by atomic mass is 10.1. The second kappa shape index (κ2) is 7.09. The molecule has 0 fully saturated rings. The van der Waals surface area contributed by atoms with E-state index in [4.69, 9.17) is 19.9 Å². The standard InChI is InChI=1S/C16H20N2O4/c1-4-22-16(19)13(17)9-11-7-10-8-12(20-2)5-6-14(10)18-15(11)21-3/h5-8,13H,4,9,17H2,1-3H3. The Morgan fingerprint density at radius 1 is 1.27 bits per heavy atom. The van der Waals surface area contributed by atoms with Crippen LogP contribution in [0, 0.1) is 0 Å². The number of benzene rings is 1. The van der Waals surface area contributed by atoms with E-state index in [9.17, 15) is 4.79 Å². The van der Waals surface area contributed by atoms with Gasteiger partial charge in [-0.2, -0.15) is 0 Å². The van der Waals surface area contributed by atoms with Gasteiger partial charge >= 0.3 is 5.97 Å². The van der Waals surface area contributed by atoms with Crippen LogP contribution in [0.4, 0.5) is 0 Å². The fourth-order valence-corrected chi connectivity index (χ4v) is 2.20. The molecule has 0 radical (unpaired) electrons. The number of carbonyl (C=O) groups excluding carboxylic acids is 1. The average Bonchev–Trinajstić information content (AvgIpc) is 2.53. The van der Waals surface area contributed by atoms with Gasteiger partial charge in [-0.25, -0.2) is 4.98 Å². The summed E-state index contributed by atoms with van der Waals surface area (Å²) in [5.74, 6) is 0.757. The highest BCUT2D eigenvalue weighted by molar-refractivity contribution is 5.82. The van der Waals surface area contributed by atoms with Gasteiger partial charge in [0.15, 0.2) is 0 Å². The first kappa shape index (κ1) is 16.0. The Labute approximate surface area is 129 Å². The van der Waals surface area contributed by atoms with Crippen molar-refractivity contribution in [2.45, 2.75) is 19.4 Å². The van der Waals surface area contributed by atoms with Crippen molar-refractivity contribution in [3.05, 3.63) is 29.8 Å². The molecule has 6 nitrogen and oxygen atoms in total. The van der Waals surface area contributed by atoms with E-state index in [0.717, 1.165) is 22.2 Å². The number of carbonyl (C=O) groups is 1. The molecule has 1 aromatic carbocycles. The molecule has 0 amide bonds. The first-order chi connectivity index (χ1) is 10.6. The Bertz CT molecular complexity index is 672. The number of nitrogens with zero attached hydrogens (tertiary/aromatic N) is 1. The predicted octanol–water partition coefficient (Wildman–Crippen LogP) is 1.68. The van der Waals surface area contributed by atoms with Gasteiger partial charge in [0.2, 0.25) is 5.88 Å². The average molecular weight is 304 g/mol. The Morgan fingerprint density at radius 2 is 2.05 bits per heavy atom. The van der Waals surface area contributed by atoms with Gasteiger partial charge in [-0.05, 0) is 31.2 Å². The maximum Gasteiger partial charge on any atom is 0.323 e. The summed E-state index contributed by atoms with van der Waals surface area (Å²) in [5, 5.41) is 0.895. The minimum atomic E-state index is -0.751. The fraction of sp³-hybridized carbons (Fsp3) is 0.375. The molecule has 118 valence electrons. The topological polar surface area (TPSA) is 83.7 Å². The van der Waals surface area contributed by atoms with Crippen LogP contribution < -0.4 is 15.2 Å². The smallest absolute Gasteiger partial charge is 0.323 e. The zero-order valence-electron chi connectivity index (χ0n) is 13.0. The second-order valence-corrected chi connectivity index (χ2v) is 4.78. The van der Waals surface area contributed by atoms with Gasteiger partial charge in [0, 0.05) is 17.4 Å². The minimum Gasteiger partial charge on any atom is -0.497 e. The van der Waals surface area contributed by atoms with Gasteiger partial charge < -0.3 is 19.9 Å². The molecule has 2 aromatic rings. The third-order valence-corrected chi connectivity index (χ3v) is 3.28. The van der Waals surface area contributed by atoms with Gasteiger partial charge in [-0.3, -0.25) is 4.79 Å². The maximum atomic E-state index is 11.7. The summed E-state index contributed by atoms with van der Waals surface area (Å²) < 4.78 is 15.4. The zero-order valence-corrected chi connectivity index (χ0v) is 13.0. The molecule has 2 N–H and O–H groups in total. The van der Waals surface area contributed by atoms with E-state index in [0.29, 0.717) is 18.9 Å². The third-order valence-electron chi connectivity index (χ3n) is 3.28. The van der Waals surface area contributed by atoms with Crippen molar-refractivity contribution >= 4 is 16.9 Å². The summed E-state index contributed by atoms with van der Waals surface area (Å²) in [6.07, 6.45) is 0.294. The van der Waals surface area contributed by atoms with Crippen LogP contribution in [0.15, 0.2) is 24.3 Å². The molecule has 1 unspecified atom stereocenters. The molecule has 1 aromatic heterocycles. The second-order valence-electron chi connectivity index (χ2n) is 4.78. The number of methoxy groups -OCH3 is 2. The van der Waals surface area contributed by atoms with Crippen molar-refractivity contribution in [1.82, 2.24) is 4.98 Å². The predicted molar refractivity (Wildman–Crippen MR) is 83.2 cm³/mol. The van der Waals surface area contributed by atoms with Crippen LogP contribution in [0.5, 0.6) is 11.6 Å². The lowest BCUT2D eigenvalue weighted by Gasteiger charge is -2.14. The van der Waals surface area contributed by atoms with Crippen LogP contribution >= 0.6 is 0 Å². The monoisotopic (exact) mass is 304 g/mol. The van der Waals surface area contributed by atoms with Gasteiger partial charge in [0.1, 0.15) is 11.8 Å². The minimum absolute atomic E-state index is 0.294. The van der Waals surface area contributed by atoms with Gasteiger partial charge in [-0.15, -0.1) is 0 Å². The lowest BCUT2D eigenvalue weighted by Crippen LogP contribution is -2.34. The van der Waals surface area contributed by atoms with Gasteiger partial charge in [0.25, 0.3) is 0 Å². The molecule has 0 saturated carbocycles. The molecule has 6 heteroatoms. The normalized spacial score (nSPS) is 12.0. The van der Waals surface area contributed by atoms with E-state index < -0.39 is 12.0 Å². The zero-order chi connectivity index (χ0) is 16.1. The van der Waals surface area contributed by atoms with Crippen LogP contribution in [-0.4, -0.2) is 37.8 Å². The SMILES string of the molecule is CCOC(=O)C(N)Cc1cc2cc(OC)ccc2nc1OC. The summed E-state index contributed by atoms with van der Waals surface area (Å²) in [6, 6.07) is 6.72. The molecule has 22 heavy (non-hydrogen) atoms. The number of fused-ring (bicyclic) bond motifs is 1. The number of pyridine rings is 1. The van der Waals surface area contributed by atoms with Crippen molar-refractivity contribution in [2.75, 3.05) is 20.8 Å². The van der Waals surface area contributed by atoms with Crippen LogP contribution in [0.3, 0.4) is 0 Å². The van der Waals surface area contributed by atoms with E-state index in [1.54, 1.807) is 14.0 Å². The van der Waals surface area contributed by atoms with Crippen molar-refractivity contribution < 1.29 is 19.0 Å². The number of nitrogens with two attached hydrogens (primary N) is 1. The highest BCUT2D eigenvalue weighted by atomic mass is 16.5.